The molecule has 2 rings (SSSR count). The Morgan fingerprint density at radius 1 is 1.03 bits per heavy atom. The fraction of sp³-hybridized carbons (Fsp3) is 0.364. The van der Waals surface area contributed by atoms with Gasteiger partial charge < -0.3 is 21.1 Å². The summed E-state index contributed by atoms with van der Waals surface area (Å²) in [5, 5.41) is 5.66. The Hall–Kier alpha value is -2.57. The van der Waals surface area contributed by atoms with Crippen LogP contribution in [0.1, 0.15) is 42.7 Å². The smallest absolute Gasteiger partial charge is 0.251 e. The highest BCUT2D eigenvalue weighted by atomic mass is 35.5. The van der Waals surface area contributed by atoms with Crippen molar-refractivity contribution < 1.29 is 14.3 Å². The second-order valence-electron chi connectivity index (χ2n) is 6.91. The summed E-state index contributed by atoms with van der Waals surface area (Å²) >= 11 is 0. The van der Waals surface area contributed by atoms with Crippen LogP contribution in [0, 0.1) is 5.92 Å². The SMILES string of the molecule is CCOc1ccc(C(=O)NC(C(=O)NCC(N)c2ccccc2)C(C)C)cc1.Cl. The minimum absolute atomic E-state index is 0. The molecule has 4 N–H and O–H groups in total. The Bertz CT molecular complexity index is 767. The van der Waals surface area contributed by atoms with Gasteiger partial charge in [-0.3, -0.25) is 9.59 Å². The molecular weight excluding hydrogens is 390 g/mol. The first-order chi connectivity index (χ1) is 13.4. The summed E-state index contributed by atoms with van der Waals surface area (Å²) in [6.45, 7) is 6.53. The van der Waals surface area contributed by atoms with Crippen molar-refractivity contribution in [2.75, 3.05) is 13.2 Å². The number of benzene rings is 2. The highest BCUT2D eigenvalue weighted by molar-refractivity contribution is 5.97. The van der Waals surface area contributed by atoms with Crippen molar-refractivity contribution in [3.63, 3.8) is 0 Å². The Labute approximate surface area is 178 Å². The zero-order chi connectivity index (χ0) is 20.5. The van der Waals surface area contributed by atoms with Gasteiger partial charge in [0.15, 0.2) is 0 Å². The van der Waals surface area contributed by atoms with Crippen molar-refractivity contribution in [3.05, 3.63) is 65.7 Å². The van der Waals surface area contributed by atoms with E-state index in [2.05, 4.69) is 10.6 Å². The summed E-state index contributed by atoms with van der Waals surface area (Å²) in [5.41, 5.74) is 7.56. The van der Waals surface area contributed by atoms with E-state index in [1.54, 1.807) is 24.3 Å². The first-order valence-corrected chi connectivity index (χ1v) is 9.54. The van der Waals surface area contributed by atoms with E-state index in [1.165, 1.54) is 0 Å². The van der Waals surface area contributed by atoms with Gasteiger partial charge in [0.1, 0.15) is 11.8 Å². The molecule has 2 atom stereocenters. The van der Waals surface area contributed by atoms with Crippen molar-refractivity contribution in [3.8, 4) is 5.75 Å². The largest absolute Gasteiger partial charge is 0.494 e. The van der Waals surface area contributed by atoms with E-state index in [4.69, 9.17) is 10.5 Å². The number of carbonyl (C=O) groups excluding carboxylic acids is 2. The Morgan fingerprint density at radius 2 is 1.66 bits per heavy atom. The molecule has 2 unspecified atom stereocenters. The average Bonchev–Trinajstić information content (AvgIpc) is 2.71. The lowest BCUT2D eigenvalue weighted by Gasteiger charge is -2.23. The fourth-order valence-electron chi connectivity index (χ4n) is 2.77. The average molecular weight is 420 g/mol. The summed E-state index contributed by atoms with van der Waals surface area (Å²) < 4.78 is 5.38. The maximum absolute atomic E-state index is 12.6. The second-order valence-corrected chi connectivity index (χ2v) is 6.91. The van der Waals surface area contributed by atoms with Crippen LogP contribution >= 0.6 is 12.4 Å². The van der Waals surface area contributed by atoms with Gasteiger partial charge in [0.25, 0.3) is 5.91 Å². The standard InChI is InChI=1S/C22H29N3O3.ClH/c1-4-28-18-12-10-17(11-13-18)21(26)25-20(15(2)3)22(27)24-14-19(23)16-8-6-5-7-9-16;/h5-13,15,19-20H,4,14,23H2,1-3H3,(H,24,27)(H,25,26);1H. The summed E-state index contributed by atoms with van der Waals surface area (Å²) in [6.07, 6.45) is 0. The van der Waals surface area contributed by atoms with Crippen LogP contribution < -0.4 is 21.1 Å². The number of amides is 2. The Balaban J connectivity index is 0.00000420. The van der Waals surface area contributed by atoms with Crippen molar-refractivity contribution in [1.29, 1.82) is 0 Å². The summed E-state index contributed by atoms with van der Waals surface area (Å²) in [5.74, 6) is 0.0802. The molecule has 0 heterocycles. The third-order valence-corrected chi connectivity index (χ3v) is 4.39. The molecule has 2 amide bonds. The number of nitrogens with two attached hydrogens (primary N) is 1. The van der Waals surface area contributed by atoms with E-state index in [0.29, 0.717) is 24.5 Å². The van der Waals surface area contributed by atoms with Gasteiger partial charge in [0.2, 0.25) is 5.91 Å². The molecule has 0 aliphatic rings. The van der Waals surface area contributed by atoms with Crippen LogP contribution in [0.25, 0.3) is 0 Å². The highest BCUT2D eigenvalue weighted by Gasteiger charge is 2.25. The molecular formula is C22H30ClN3O3. The van der Waals surface area contributed by atoms with Crippen LogP contribution in [0.4, 0.5) is 0 Å². The van der Waals surface area contributed by atoms with Crippen LogP contribution in [-0.4, -0.2) is 31.0 Å². The maximum atomic E-state index is 12.6. The molecule has 2 aromatic rings. The van der Waals surface area contributed by atoms with Gasteiger partial charge in [0, 0.05) is 18.2 Å². The van der Waals surface area contributed by atoms with Crippen molar-refractivity contribution in [1.82, 2.24) is 10.6 Å². The van der Waals surface area contributed by atoms with E-state index < -0.39 is 6.04 Å². The van der Waals surface area contributed by atoms with Gasteiger partial charge in [-0.15, -0.1) is 12.4 Å². The van der Waals surface area contributed by atoms with Gasteiger partial charge >= 0.3 is 0 Å². The second kappa shape index (κ2) is 12.1. The van der Waals surface area contributed by atoms with E-state index >= 15 is 0 Å². The van der Waals surface area contributed by atoms with E-state index in [1.807, 2.05) is 51.1 Å². The first kappa shape index (κ1) is 24.5. The number of carbonyl (C=O) groups is 2. The lowest BCUT2D eigenvalue weighted by molar-refractivity contribution is -0.124. The van der Waals surface area contributed by atoms with Crippen LogP contribution in [-0.2, 0) is 4.79 Å². The molecule has 158 valence electrons. The number of hydrogen-bond acceptors (Lipinski definition) is 4. The molecule has 0 aromatic heterocycles. The summed E-state index contributed by atoms with van der Waals surface area (Å²) in [4.78, 5) is 25.2. The van der Waals surface area contributed by atoms with Crippen LogP contribution in [0.3, 0.4) is 0 Å². The van der Waals surface area contributed by atoms with E-state index in [0.717, 1.165) is 5.56 Å². The molecule has 0 bridgehead atoms. The lowest BCUT2D eigenvalue weighted by Crippen LogP contribution is -2.50. The molecule has 0 aliphatic heterocycles. The monoisotopic (exact) mass is 419 g/mol. The minimum atomic E-state index is -0.651. The van der Waals surface area contributed by atoms with Crippen LogP contribution in [0.2, 0.25) is 0 Å². The Morgan fingerprint density at radius 3 is 2.21 bits per heavy atom. The van der Waals surface area contributed by atoms with Crippen LogP contribution in [0.15, 0.2) is 54.6 Å². The highest BCUT2D eigenvalue weighted by Crippen LogP contribution is 2.13. The van der Waals surface area contributed by atoms with Gasteiger partial charge in [-0.1, -0.05) is 44.2 Å². The van der Waals surface area contributed by atoms with Crippen LogP contribution in [0.5, 0.6) is 5.75 Å². The molecule has 0 saturated heterocycles. The van der Waals surface area contributed by atoms with Crippen molar-refractivity contribution in [2.45, 2.75) is 32.9 Å². The van der Waals surface area contributed by atoms with Gasteiger partial charge in [-0.2, -0.15) is 0 Å². The molecule has 0 fully saturated rings. The maximum Gasteiger partial charge on any atom is 0.251 e. The molecule has 6 nitrogen and oxygen atoms in total. The number of rotatable bonds is 9. The molecule has 2 aromatic carbocycles. The predicted octanol–water partition coefficient (Wildman–Crippen LogP) is 3.08. The van der Waals surface area contributed by atoms with Gasteiger partial charge in [-0.25, -0.2) is 0 Å². The lowest BCUT2D eigenvalue weighted by atomic mass is 10.0. The quantitative estimate of drug-likeness (QED) is 0.582. The normalized spacial score (nSPS) is 12.4. The van der Waals surface area contributed by atoms with E-state index in [-0.39, 0.29) is 36.2 Å². The Kier molecular flexibility index (Phi) is 10.2. The molecule has 0 spiro atoms. The third kappa shape index (κ3) is 7.40. The molecule has 0 radical (unpaired) electrons. The summed E-state index contributed by atoms with van der Waals surface area (Å²) in [6, 6.07) is 15.5. The van der Waals surface area contributed by atoms with Gasteiger partial charge in [0.05, 0.1) is 6.61 Å². The molecule has 7 heteroatoms. The zero-order valence-electron chi connectivity index (χ0n) is 17.1. The number of hydrogen-bond donors (Lipinski definition) is 3. The van der Waals surface area contributed by atoms with E-state index in [9.17, 15) is 9.59 Å². The molecule has 0 aliphatic carbocycles. The third-order valence-electron chi connectivity index (χ3n) is 4.39. The van der Waals surface area contributed by atoms with Crippen molar-refractivity contribution >= 4 is 24.2 Å². The molecule has 0 saturated carbocycles. The fourth-order valence-corrected chi connectivity index (χ4v) is 2.77. The first-order valence-electron chi connectivity index (χ1n) is 9.54. The van der Waals surface area contributed by atoms with Gasteiger partial charge in [-0.05, 0) is 42.7 Å². The topological polar surface area (TPSA) is 93.4 Å². The number of halogens is 1. The van der Waals surface area contributed by atoms with Crippen molar-refractivity contribution in [2.24, 2.45) is 11.7 Å². The number of ether oxygens (including phenoxy) is 1. The molecule has 29 heavy (non-hydrogen) atoms. The number of nitrogens with one attached hydrogen (secondary N) is 2. The minimum Gasteiger partial charge on any atom is -0.494 e. The zero-order valence-corrected chi connectivity index (χ0v) is 17.9. The summed E-state index contributed by atoms with van der Waals surface area (Å²) in [7, 11) is 0. The predicted molar refractivity (Wildman–Crippen MR) is 117 cm³/mol.